The molecule has 9 heteroatoms. The number of ether oxygens (including phenoxy) is 1. The van der Waals surface area contributed by atoms with Crippen LogP contribution in [0.2, 0.25) is 5.02 Å². The number of halogens is 1. The van der Waals surface area contributed by atoms with Crippen LogP contribution in [0.25, 0.3) is 0 Å². The first kappa shape index (κ1) is 21.9. The van der Waals surface area contributed by atoms with E-state index in [2.05, 4.69) is 5.32 Å². The molecule has 0 aliphatic rings. The van der Waals surface area contributed by atoms with Crippen LogP contribution in [0.5, 0.6) is 0 Å². The molecule has 150 valence electrons. The fraction of sp³-hybridized carbons (Fsp3) is 0.263. The van der Waals surface area contributed by atoms with Gasteiger partial charge in [-0.2, -0.15) is 4.31 Å². The molecule has 0 heterocycles. The lowest BCUT2D eigenvalue weighted by Gasteiger charge is -2.19. The molecular formula is C19H21ClN2O5S. The summed E-state index contributed by atoms with van der Waals surface area (Å²) in [6.45, 7) is 1.56. The van der Waals surface area contributed by atoms with E-state index in [1.165, 1.54) is 18.2 Å². The third kappa shape index (κ3) is 6.33. The molecule has 2 aromatic carbocycles. The monoisotopic (exact) mass is 424 g/mol. The minimum Gasteiger partial charge on any atom is -0.462 e. The van der Waals surface area contributed by atoms with E-state index in [1.807, 2.05) is 6.07 Å². The molecule has 1 N–H and O–H groups in total. The van der Waals surface area contributed by atoms with Crippen molar-refractivity contribution in [3.05, 3.63) is 64.7 Å². The highest BCUT2D eigenvalue weighted by atomic mass is 35.5. The molecule has 0 spiro atoms. The Bertz CT molecular complexity index is 948. The van der Waals surface area contributed by atoms with Crippen molar-refractivity contribution in [1.29, 1.82) is 0 Å². The number of rotatable bonds is 8. The third-order valence-corrected chi connectivity index (χ3v) is 5.26. The van der Waals surface area contributed by atoms with E-state index in [1.54, 1.807) is 31.2 Å². The maximum atomic E-state index is 12.4. The second-order valence-electron chi connectivity index (χ2n) is 5.98. The van der Waals surface area contributed by atoms with Crippen LogP contribution >= 0.6 is 11.6 Å². The molecule has 2 aromatic rings. The van der Waals surface area contributed by atoms with E-state index >= 15 is 0 Å². The van der Waals surface area contributed by atoms with Gasteiger partial charge in [-0.05, 0) is 30.7 Å². The zero-order valence-corrected chi connectivity index (χ0v) is 17.1. The number of benzene rings is 2. The zero-order valence-electron chi connectivity index (χ0n) is 15.5. The highest BCUT2D eigenvalue weighted by Crippen LogP contribution is 2.21. The second kappa shape index (κ2) is 9.68. The first-order chi connectivity index (χ1) is 13.2. The average Bonchev–Trinajstić information content (AvgIpc) is 2.63. The summed E-state index contributed by atoms with van der Waals surface area (Å²) in [6.07, 6.45) is 1.05. The molecule has 0 aliphatic carbocycles. The Kier molecular flexibility index (Phi) is 7.56. The minimum absolute atomic E-state index is 0.0712. The van der Waals surface area contributed by atoms with E-state index in [4.69, 9.17) is 16.3 Å². The van der Waals surface area contributed by atoms with Crippen LogP contribution in [0.1, 0.15) is 22.8 Å². The van der Waals surface area contributed by atoms with Gasteiger partial charge in [-0.15, -0.1) is 0 Å². The number of carbonyl (C=O) groups excluding carboxylic acids is 2. The molecule has 0 aliphatic heterocycles. The van der Waals surface area contributed by atoms with Crippen LogP contribution in [-0.2, 0) is 26.1 Å². The van der Waals surface area contributed by atoms with E-state index in [0.717, 1.165) is 16.1 Å². The average molecular weight is 425 g/mol. The van der Waals surface area contributed by atoms with Crippen molar-refractivity contribution in [1.82, 2.24) is 4.31 Å². The van der Waals surface area contributed by atoms with Gasteiger partial charge >= 0.3 is 5.97 Å². The lowest BCUT2D eigenvalue weighted by atomic mass is 10.2. The highest BCUT2D eigenvalue weighted by Gasteiger charge is 2.21. The number of anilines is 1. The third-order valence-electron chi connectivity index (χ3n) is 3.74. The van der Waals surface area contributed by atoms with Gasteiger partial charge in [0.15, 0.2) is 0 Å². The first-order valence-corrected chi connectivity index (χ1v) is 10.7. The Hall–Kier alpha value is -2.42. The summed E-state index contributed by atoms with van der Waals surface area (Å²) in [5.41, 5.74) is 1.19. The normalized spacial score (nSPS) is 11.3. The van der Waals surface area contributed by atoms with Crippen LogP contribution in [0, 0.1) is 0 Å². The Morgan fingerprint density at radius 1 is 1.14 bits per heavy atom. The molecule has 0 unspecified atom stereocenters. The number of hydrogen-bond donors (Lipinski definition) is 1. The summed E-state index contributed by atoms with van der Waals surface area (Å²) in [7, 11) is -3.61. The number of nitrogens with one attached hydrogen (secondary N) is 1. The SMILES string of the molecule is CCOC(=O)c1cc(NC(=O)CN(Cc2ccccc2)S(C)(=O)=O)ccc1Cl. The summed E-state index contributed by atoms with van der Waals surface area (Å²) in [5, 5.41) is 2.78. The van der Waals surface area contributed by atoms with Gasteiger partial charge in [0.1, 0.15) is 0 Å². The standard InChI is InChI=1S/C19H21ClN2O5S/c1-3-27-19(24)16-11-15(9-10-17(16)20)21-18(23)13-22(28(2,25)26)12-14-7-5-4-6-8-14/h4-11H,3,12-13H2,1-2H3,(H,21,23). The predicted octanol–water partition coefficient (Wildman–Crippen LogP) is 2.92. The maximum absolute atomic E-state index is 12.4. The van der Waals surface area contributed by atoms with Gasteiger partial charge in [0.2, 0.25) is 15.9 Å². The van der Waals surface area contributed by atoms with Crippen molar-refractivity contribution in [3.8, 4) is 0 Å². The van der Waals surface area contributed by atoms with Crippen molar-refractivity contribution in [2.45, 2.75) is 13.5 Å². The molecule has 28 heavy (non-hydrogen) atoms. The molecule has 0 atom stereocenters. The van der Waals surface area contributed by atoms with Crippen LogP contribution in [0.3, 0.4) is 0 Å². The van der Waals surface area contributed by atoms with E-state index in [0.29, 0.717) is 5.69 Å². The Balaban J connectivity index is 2.12. The molecular weight excluding hydrogens is 404 g/mol. The maximum Gasteiger partial charge on any atom is 0.339 e. The summed E-state index contributed by atoms with van der Waals surface area (Å²) < 4.78 is 30.1. The second-order valence-corrected chi connectivity index (χ2v) is 8.37. The number of esters is 1. The van der Waals surface area contributed by atoms with Crippen LogP contribution in [0.15, 0.2) is 48.5 Å². The van der Waals surface area contributed by atoms with Gasteiger partial charge in [-0.1, -0.05) is 41.9 Å². The zero-order chi connectivity index (χ0) is 20.7. The Labute approximate surface area is 169 Å². The van der Waals surface area contributed by atoms with Crippen LogP contribution in [-0.4, -0.2) is 44.0 Å². The van der Waals surface area contributed by atoms with Gasteiger partial charge in [0.25, 0.3) is 0 Å². The van der Waals surface area contributed by atoms with Crippen LogP contribution < -0.4 is 5.32 Å². The van der Waals surface area contributed by atoms with Gasteiger partial charge in [-0.25, -0.2) is 13.2 Å². The van der Waals surface area contributed by atoms with Gasteiger partial charge in [0.05, 0.1) is 30.0 Å². The predicted molar refractivity (Wildman–Crippen MR) is 108 cm³/mol. The fourth-order valence-electron chi connectivity index (χ4n) is 2.41. The largest absolute Gasteiger partial charge is 0.462 e. The number of nitrogens with zero attached hydrogens (tertiary/aromatic N) is 1. The molecule has 1 amide bonds. The number of sulfonamides is 1. The topological polar surface area (TPSA) is 92.8 Å². The Morgan fingerprint density at radius 3 is 2.43 bits per heavy atom. The van der Waals surface area contributed by atoms with Gasteiger partial charge < -0.3 is 10.1 Å². The van der Waals surface area contributed by atoms with Crippen LogP contribution in [0.4, 0.5) is 5.69 Å². The van der Waals surface area contributed by atoms with Crippen molar-refractivity contribution >= 4 is 39.2 Å². The number of hydrogen-bond acceptors (Lipinski definition) is 5. The quantitative estimate of drug-likeness (QED) is 0.657. The highest BCUT2D eigenvalue weighted by molar-refractivity contribution is 7.88. The smallest absolute Gasteiger partial charge is 0.339 e. The van der Waals surface area contributed by atoms with Crippen molar-refractivity contribution in [2.24, 2.45) is 0 Å². The van der Waals surface area contributed by atoms with Gasteiger partial charge in [0, 0.05) is 12.2 Å². The molecule has 0 aromatic heterocycles. The van der Waals surface area contributed by atoms with Crippen molar-refractivity contribution < 1.29 is 22.7 Å². The molecule has 0 saturated carbocycles. The van der Waals surface area contributed by atoms with Gasteiger partial charge in [-0.3, -0.25) is 4.79 Å². The summed E-state index contributed by atoms with van der Waals surface area (Å²) in [6, 6.07) is 13.3. The Morgan fingerprint density at radius 2 is 1.82 bits per heavy atom. The molecule has 0 saturated heterocycles. The summed E-state index contributed by atoms with van der Waals surface area (Å²) in [5.74, 6) is -1.15. The molecule has 0 bridgehead atoms. The van der Waals surface area contributed by atoms with Crippen molar-refractivity contribution in [3.63, 3.8) is 0 Å². The van der Waals surface area contributed by atoms with Crippen molar-refractivity contribution in [2.75, 3.05) is 24.7 Å². The van der Waals surface area contributed by atoms with E-state index in [-0.39, 0.29) is 30.3 Å². The number of amides is 1. The van der Waals surface area contributed by atoms with E-state index in [9.17, 15) is 18.0 Å². The lowest BCUT2D eigenvalue weighted by molar-refractivity contribution is -0.116. The summed E-state index contributed by atoms with van der Waals surface area (Å²) >= 11 is 6.00. The molecule has 2 rings (SSSR count). The number of carbonyl (C=O) groups is 2. The molecule has 0 fully saturated rings. The fourth-order valence-corrected chi connectivity index (χ4v) is 3.34. The molecule has 0 radical (unpaired) electrons. The first-order valence-electron chi connectivity index (χ1n) is 8.46. The summed E-state index contributed by atoms with van der Waals surface area (Å²) in [4.78, 5) is 24.3. The lowest BCUT2D eigenvalue weighted by Crippen LogP contribution is -2.36. The molecule has 7 nitrogen and oxygen atoms in total. The minimum atomic E-state index is -3.61. The van der Waals surface area contributed by atoms with E-state index < -0.39 is 21.9 Å².